The summed E-state index contributed by atoms with van der Waals surface area (Å²) in [5.74, 6) is 0.616. The highest BCUT2D eigenvalue weighted by Gasteiger charge is 2.25. The van der Waals surface area contributed by atoms with Gasteiger partial charge in [0.25, 0.3) is 0 Å². The number of fused-ring (bicyclic) bond motifs is 2. The second-order valence-electron chi connectivity index (χ2n) is 6.87. The number of hydrogen-bond donors (Lipinski definition) is 1. The lowest BCUT2D eigenvalue weighted by Crippen LogP contribution is -2.19. The zero-order chi connectivity index (χ0) is 19.7. The number of H-pyrrole nitrogens is 1. The second kappa shape index (κ2) is 7.26. The molecule has 1 aromatic heterocycles. The van der Waals surface area contributed by atoms with Crippen molar-refractivity contribution in [1.29, 1.82) is 0 Å². The van der Waals surface area contributed by atoms with Crippen molar-refractivity contribution in [2.45, 2.75) is 9.92 Å². The van der Waals surface area contributed by atoms with Gasteiger partial charge in [-0.1, -0.05) is 36.4 Å². The van der Waals surface area contributed by atoms with Gasteiger partial charge in [-0.25, -0.2) is 8.42 Å². The molecule has 28 heavy (non-hydrogen) atoms. The summed E-state index contributed by atoms with van der Waals surface area (Å²) in [6, 6.07) is 18.0. The van der Waals surface area contributed by atoms with E-state index in [0.717, 1.165) is 11.9 Å². The van der Waals surface area contributed by atoms with Crippen LogP contribution in [0.5, 0.6) is 5.75 Å². The van der Waals surface area contributed by atoms with Crippen molar-refractivity contribution in [3.05, 3.63) is 60.7 Å². The Bertz CT molecular complexity index is 1240. The first-order valence-corrected chi connectivity index (χ1v) is 10.4. The highest BCUT2D eigenvalue weighted by Crippen LogP contribution is 2.32. The minimum absolute atomic E-state index is 0.0110. The highest BCUT2D eigenvalue weighted by atomic mass is 32.2. The number of aromatic nitrogens is 2. The van der Waals surface area contributed by atoms with Crippen molar-refractivity contribution in [3.8, 4) is 5.75 Å². The first kappa shape index (κ1) is 18.5. The molecule has 0 saturated heterocycles. The quantitative estimate of drug-likeness (QED) is 0.541. The lowest BCUT2D eigenvalue weighted by atomic mass is 10.1. The van der Waals surface area contributed by atoms with Gasteiger partial charge in [0, 0.05) is 17.3 Å². The van der Waals surface area contributed by atoms with Crippen molar-refractivity contribution in [2.24, 2.45) is 0 Å². The van der Waals surface area contributed by atoms with E-state index in [0.29, 0.717) is 28.6 Å². The number of nitrogens with zero attached hydrogens (tertiary/aromatic N) is 2. The fourth-order valence-corrected chi connectivity index (χ4v) is 4.71. The lowest BCUT2D eigenvalue weighted by molar-refractivity contribution is 0.261. The molecular formula is C21H21N3O3S. The van der Waals surface area contributed by atoms with Gasteiger partial charge in [0.2, 0.25) is 9.84 Å². The summed E-state index contributed by atoms with van der Waals surface area (Å²) in [5, 5.41) is 9.03. The molecule has 0 aliphatic carbocycles. The Hall–Kier alpha value is -2.90. The van der Waals surface area contributed by atoms with E-state index in [1.165, 1.54) is 0 Å². The van der Waals surface area contributed by atoms with Crippen LogP contribution < -0.4 is 4.74 Å². The van der Waals surface area contributed by atoms with Crippen molar-refractivity contribution < 1.29 is 13.2 Å². The maximum atomic E-state index is 13.4. The third-order valence-corrected chi connectivity index (χ3v) is 6.36. The normalized spacial score (nSPS) is 12.1. The number of likely N-dealkylation sites (N-methyl/N-ethyl adjacent to an activating group) is 1. The molecule has 0 spiro atoms. The van der Waals surface area contributed by atoms with E-state index in [1.807, 2.05) is 55.4 Å². The van der Waals surface area contributed by atoms with E-state index >= 15 is 0 Å². The minimum Gasteiger partial charge on any atom is -0.492 e. The molecule has 144 valence electrons. The fraction of sp³-hybridized carbons (Fsp3) is 0.190. The molecule has 4 aromatic rings. The average Bonchev–Trinajstić information content (AvgIpc) is 3.11. The van der Waals surface area contributed by atoms with E-state index in [9.17, 15) is 8.42 Å². The zero-order valence-corrected chi connectivity index (χ0v) is 16.5. The number of aromatic amines is 1. The summed E-state index contributed by atoms with van der Waals surface area (Å²) in [7, 11) is 0.134. The number of rotatable bonds is 6. The van der Waals surface area contributed by atoms with E-state index < -0.39 is 9.84 Å². The van der Waals surface area contributed by atoms with Crippen LogP contribution in [0.15, 0.2) is 70.6 Å². The predicted octanol–water partition coefficient (Wildman–Crippen LogP) is 3.49. The third-order valence-electron chi connectivity index (χ3n) is 4.60. The molecule has 1 heterocycles. The lowest BCUT2D eigenvalue weighted by Gasteiger charge is -2.11. The van der Waals surface area contributed by atoms with Gasteiger partial charge < -0.3 is 9.64 Å². The zero-order valence-electron chi connectivity index (χ0n) is 15.7. The van der Waals surface area contributed by atoms with Crippen LogP contribution in [-0.4, -0.2) is 50.8 Å². The van der Waals surface area contributed by atoms with Gasteiger partial charge >= 0.3 is 0 Å². The number of sulfone groups is 1. The Labute approximate surface area is 163 Å². The van der Waals surface area contributed by atoms with Gasteiger partial charge in [-0.15, -0.1) is 0 Å². The van der Waals surface area contributed by atoms with Crippen molar-refractivity contribution in [3.63, 3.8) is 0 Å². The van der Waals surface area contributed by atoms with Crippen LogP contribution in [0.2, 0.25) is 0 Å². The van der Waals surface area contributed by atoms with Gasteiger partial charge in [0.15, 0.2) is 5.03 Å². The van der Waals surface area contributed by atoms with Crippen LogP contribution in [0.3, 0.4) is 0 Å². The van der Waals surface area contributed by atoms with Crippen LogP contribution in [0.25, 0.3) is 21.7 Å². The molecule has 3 aromatic carbocycles. The summed E-state index contributed by atoms with van der Waals surface area (Å²) in [4.78, 5) is 2.27. The molecule has 1 N–H and O–H groups in total. The predicted molar refractivity (Wildman–Crippen MR) is 110 cm³/mol. The topological polar surface area (TPSA) is 75.3 Å². The maximum Gasteiger partial charge on any atom is 0.226 e. The van der Waals surface area contributed by atoms with Crippen LogP contribution >= 0.6 is 0 Å². The number of benzene rings is 3. The molecule has 0 bridgehead atoms. The Morgan fingerprint density at radius 2 is 1.79 bits per heavy atom. The Balaban J connectivity index is 1.79. The van der Waals surface area contributed by atoms with Crippen LogP contribution in [0, 0.1) is 0 Å². The number of ether oxygens (including phenoxy) is 1. The summed E-state index contributed by atoms with van der Waals surface area (Å²) in [6.07, 6.45) is 0. The van der Waals surface area contributed by atoms with Crippen molar-refractivity contribution in [1.82, 2.24) is 15.1 Å². The molecule has 0 atom stereocenters. The smallest absolute Gasteiger partial charge is 0.226 e. The molecule has 0 unspecified atom stereocenters. The van der Waals surface area contributed by atoms with Gasteiger partial charge in [-0.05, 0) is 43.7 Å². The summed E-state index contributed by atoms with van der Waals surface area (Å²) in [5.41, 5.74) is 0.652. The maximum absolute atomic E-state index is 13.4. The fourth-order valence-electron chi connectivity index (χ4n) is 3.14. The third kappa shape index (κ3) is 3.34. The number of hydrogen-bond acceptors (Lipinski definition) is 5. The van der Waals surface area contributed by atoms with Crippen LogP contribution in [0.4, 0.5) is 0 Å². The number of nitrogens with one attached hydrogen (secondary N) is 1. The first-order chi connectivity index (χ1) is 13.5. The van der Waals surface area contributed by atoms with E-state index in [1.54, 1.807) is 24.3 Å². The van der Waals surface area contributed by atoms with E-state index in [-0.39, 0.29) is 9.92 Å². The van der Waals surface area contributed by atoms with E-state index in [2.05, 4.69) is 10.2 Å². The van der Waals surface area contributed by atoms with Gasteiger partial charge in [0.05, 0.1) is 10.4 Å². The molecule has 6 nitrogen and oxygen atoms in total. The molecule has 0 amide bonds. The molecule has 7 heteroatoms. The van der Waals surface area contributed by atoms with Crippen LogP contribution in [-0.2, 0) is 9.84 Å². The van der Waals surface area contributed by atoms with Crippen LogP contribution in [0.1, 0.15) is 0 Å². The van der Waals surface area contributed by atoms with E-state index in [4.69, 9.17) is 4.74 Å². The molecule has 0 aliphatic heterocycles. The van der Waals surface area contributed by atoms with Crippen molar-refractivity contribution >= 4 is 31.5 Å². The first-order valence-electron chi connectivity index (χ1n) is 8.95. The molecule has 0 aliphatic rings. The molecule has 0 saturated carbocycles. The molecule has 0 radical (unpaired) electrons. The monoisotopic (exact) mass is 395 g/mol. The highest BCUT2D eigenvalue weighted by molar-refractivity contribution is 7.91. The van der Waals surface area contributed by atoms with Gasteiger partial charge in [-0.3, -0.25) is 5.10 Å². The Morgan fingerprint density at radius 3 is 2.61 bits per heavy atom. The summed E-state index contributed by atoms with van der Waals surface area (Å²) in [6.45, 7) is 1.28. The summed E-state index contributed by atoms with van der Waals surface area (Å²) < 4.78 is 32.6. The average molecular weight is 395 g/mol. The van der Waals surface area contributed by atoms with Crippen molar-refractivity contribution in [2.75, 3.05) is 27.2 Å². The second-order valence-corrected chi connectivity index (χ2v) is 8.70. The summed E-state index contributed by atoms with van der Waals surface area (Å²) >= 11 is 0. The Kier molecular flexibility index (Phi) is 4.78. The SMILES string of the molecule is CN(C)CCOc1ccc2[nH]nc(S(=O)(=O)c3cccc4ccccc34)c2c1. The standard InChI is InChI=1S/C21H21N3O3S/c1-24(2)12-13-27-16-10-11-19-18(14-16)21(23-22-19)28(25,26)20-9-5-7-15-6-3-4-8-17(15)20/h3-11,14H,12-13H2,1-2H3,(H,22,23). The molecule has 0 fully saturated rings. The largest absolute Gasteiger partial charge is 0.492 e. The molecular weight excluding hydrogens is 374 g/mol. The minimum atomic E-state index is -3.81. The van der Waals surface area contributed by atoms with Gasteiger partial charge in [0.1, 0.15) is 12.4 Å². The molecule has 4 rings (SSSR count). The Morgan fingerprint density at radius 1 is 1.00 bits per heavy atom. The van der Waals surface area contributed by atoms with Gasteiger partial charge in [-0.2, -0.15) is 5.10 Å².